The standard InChI is InChI=1S/C26H25ClN2O4S/c27-22-13-14-24(23(16-22)25(30)20-10-5-2-6-11-20)28-26(31)21-12-7-15-29(17-21)34(32,33)18-19-8-3-1-4-9-19/h1-6,8-11,13-14,16,21H,7,12,15,17-18H2,(H,28,31)/t21-/m0/s1. The third-order valence-electron chi connectivity index (χ3n) is 5.86. The normalized spacial score (nSPS) is 16.7. The first-order valence-corrected chi connectivity index (χ1v) is 13.0. The number of ketones is 1. The molecule has 3 aromatic carbocycles. The smallest absolute Gasteiger partial charge is 0.228 e. The van der Waals surface area contributed by atoms with Gasteiger partial charge in [0.15, 0.2) is 5.78 Å². The first-order valence-electron chi connectivity index (χ1n) is 11.1. The first-order chi connectivity index (χ1) is 16.3. The van der Waals surface area contributed by atoms with Crippen LogP contribution in [0.3, 0.4) is 0 Å². The van der Waals surface area contributed by atoms with Gasteiger partial charge >= 0.3 is 0 Å². The van der Waals surface area contributed by atoms with Crippen LogP contribution in [-0.2, 0) is 20.6 Å². The van der Waals surface area contributed by atoms with Crippen LogP contribution < -0.4 is 5.32 Å². The molecule has 1 heterocycles. The summed E-state index contributed by atoms with van der Waals surface area (Å²) < 4.78 is 27.3. The van der Waals surface area contributed by atoms with Gasteiger partial charge in [-0.3, -0.25) is 9.59 Å². The van der Waals surface area contributed by atoms with Crippen LogP contribution in [0, 0.1) is 5.92 Å². The number of nitrogens with zero attached hydrogens (tertiary/aromatic N) is 1. The topological polar surface area (TPSA) is 83.6 Å². The molecule has 1 saturated heterocycles. The molecule has 0 spiro atoms. The lowest BCUT2D eigenvalue weighted by atomic mass is 9.97. The minimum Gasteiger partial charge on any atom is -0.325 e. The summed E-state index contributed by atoms with van der Waals surface area (Å²) in [5.74, 6) is -1.19. The molecule has 0 aliphatic carbocycles. The number of halogens is 1. The van der Waals surface area contributed by atoms with E-state index in [0.717, 1.165) is 0 Å². The van der Waals surface area contributed by atoms with E-state index in [1.54, 1.807) is 60.7 Å². The first kappa shape index (κ1) is 24.1. The summed E-state index contributed by atoms with van der Waals surface area (Å²) in [4.78, 5) is 26.2. The third-order valence-corrected chi connectivity index (χ3v) is 7.91. The molecule has 0 unspecified atom stereocenters. The number of carbonyl (C=O) groups excluding carboxylic acids is 2. The molecule has 1 aliphatic rings. The lowest BCUT2D eigenvalue weighted by Gasteiger charge is -2.31. The second-order valence-corrected chi connectivity index (χ2v) is 10.7. The highest BCUT2D eigenvalue weighted by Gasteiger charge is 2.33. The summed E-state index contributed by atoms with van der Waals surface area (Å²) in [5.41, 5.74) is 1.83. The summed E-state index contributed by atoms with van der Waals surface area (Å²) in [6.07, 6.45) is 1.15. The van der Waals surface area contributed by atoms with Crippen LogP contribution in [0.25, 0.3) is 0 Å². The number of benzene rings is 3. The molecule has 6 nitrogen and oxygen atoms in total. The monoisotopic (exact) mass is 496 g/mol. The molecule has 1 amide bonds. The van der Waals surface area contributed by atoms with Crippen molar-refractivity contribution in [1.82, 2.24) is 4.31 Å². The highest BCUT2D eigenvalue weighted by Crippen LogP contribution is 2.27. The van der Waals surface area contributed by atoms with E-state index in [9.17, 15) is 18.0 Å². The van der Waals surface area contributed by atoms with Gasteiger partial charge in [0.25, 0.3) is 0 Å². The van der Waals surface area contributed by atoms with E-state index in [-0.39, 0.29) is 29.6 Å². The Labute approximate surface area is 204 Å². The Morgan fingerprint density at radius 1 is 0.971 bits per heavy atom. The summed E-state index contributed by atoms with van der Waals surface area (Å²) in [6, 6.07) is 22.5. The summed E-state index contributed by atoms with van der Waals surface area (Å²) in [5, 5.41) is 3.22. The van der Waals surface area contributed by atoms with Crippen LogP contribution in [0.15, 0.2) is 78.9 Å². The van der Waals surface area contributed by atoms with Crippen LogP contribution in [0.2, 0.25) is 5.02 Å². The maximum atomic E-state index is 13.1. The van der Waals surface area contributed by atoms with E-state index in [1.165, 1.54) is 10.4 Å². The van der Waals surface area contributed by atoms with Crippen LogP contribution in [-0.4, -0.2) is 37.5 Å². The molecule has 1 fully saturated rings. The molecule has 0 radical (unpaired) electrons. The third kappa shape index (κ3) is 5.73. The van der Waals surface area contributed by atoms with Crippen LogP contribution in [0.4, 0.5) is 5.69 Å². The Balaban J connectivity index is 1.49. The zero-order valence-electron chi connectivity index (χ0n) is 18.5. The zero-order valence-corrected chi connectivity index (χ0v) is 20.1. The van der Waals surface area contributed by atoms with Crippen molar-refractivity contribution < 1.29 is 18.0 Å². The molecule has 34 heavy (non-hydrogen) atoms. The van der Waals surface area contributed by atoms with E-state index >= 15 is 0 Å². The second-order valence-electron chi connectivity index (χ2n) is 8.31. The lowest BCUT2D eigenvalue weighted by Crippen LogP contribution is -2.44. The molecule has 8 heteroatoms. The molecule has 176 valence electrons. The van der Waals surface area contributed by atoms with Crippen molar-refractivity contribution in [1.29, 1.82) is 0 Å². The van der Waals surface area contributed by atoms with Gasteiger partial charge in [0.1, 0.15) is 0 Å². The number of rotatable bonds is 7. The number of piperidine rings is 1. The summed E-state index contributed by atoms with van der Waals surface area (Å²) in [6.45, 7) is 0.494. The minimum absolute atomic E-state index is 0.102. The predicted octanol–water partition coefficient (Wildman–Crippen LogP) is 4.75. The highest BCUT2D eigenvalue weighted by molar-refractivity contribution is 7.88. The highest BCUT2D eigenvalue weighted by atomic mass is 35.5. The van der Waals surface area contributed by atoms with Crippen molar-refractivity contribution in [2.45, 2.75) is 18.6 Å². The zero-order chi connectivity index (χ0) is 24.1. The van der Waals surface area contributed by atoms with Gasteiger partial charge in [0, 0.05) is 29.2 Å². The van der Waals surface area contributed by atoms with Gasteiger partial charge in [0.2, 0.25) is 15.9 Å². The second kappa shape index (κ2) is 10.5. The van der Waals surface area contributed by atoms with Crippen molar-refractivity contribution >= 4 is 39.0 Å². The van der Waals surface area contributed by atoms with E-state index < -0.39 is 15.9 Å². The van der Waals surface area contributed by atoms with Crippen molar-refractivity contribution in [2.75, 3.05) is 18.4 Å². The minimum atomic E-state index is -3.56. The molecule has 1 aliphatic heterocycles. The van der Waals surface area contributed by atoms with Crippen LogP contribution >= 0.6 is 11.6 Å². The van der Waals surface area contributed by atoms with Crippen LogP contribution in [0.5, 0.6) is 0 Å². The van der Waals surface area contributed by atoms with E-state index in [4.69, 9.17) is 11.6 Å². The lowest BCUT2D eigenvalue weighted by molar-refractivity contribution is -0.120. The van der Waals surface area contributed by atoms with E-state index in [0.29, 0.717) is 41.2 Å². The van der Waals surface area contributed by atoms with Gasteiger partial charge in [0.05, 0.1) is 17.4 Å². The maximum absolute atomic E-state index is 13.1. The Bertz CT molecular complexity index is 1280. The number of hydrogen-bond acceptors (Lipinski definition) is 4. The fraction of sp³-hybridized carbons (Fsp3) is 0.231. The van der Waals surface area contributed by atoms with Gasteiger partial charge in [-0.25, -0.2) is 12.7 Å². The molecular formula is C26H25ClN2O4S. The maximum Gasteiger partial charge on any atom is 0.228 e. The van der Waals surface area contributed by atoms with Gasteiger partial charge in [-0.15, -0.1) is 0 Å². The molecule has 1 atom stereocenters. The number of nitrogens with one attached hydrogen (secondary N) is 1. The van der Waals surface area contributed by atoms with Gasteiger partial charge in [-0.2, -0.15) is 0 Å². The van der Waals surface area contributed by atoms with Crippen molar-refractivity contribution in [3.63, 3.8) is 0 Å². The average molecular weight is 497 g/mol. The number of sulfonamides is 1. The van der Waals surface area contributed by atoms with Crippen LogP contribution in [0.1, 0.15) is 34.3 Å². The number of anilines is 1. The van der Waals surface area contributed by atoms with Gasteiger partial charge in [-0.1, -0.05) is 72.3 Å². The van der Waals surface area contributed by atoms with Crippen molar-refractivity contribution in [3.05, 3.63) is 101 Å². The summed E-state index contributed by atoms with van der Waals surface area (Å²) >= 11 is 6.13. The Morgan fingerprint density at radius 3 is 2.35 bits per heavy atom. The molecule has 3 aromatic rings. The quantitative estimate of drug-likeness (QED) is 0.478. The Morgan fingerprint density at radius 2 is 1.65 bits per heavy atom. The van der Waals surface area contributed by atoms with Gasteiger partial charge < -0.3 is 5.32 Å². The van der Waals surface area contributed by atoms with E-state index in [2.05, 4.69) is 5.32 Å². The number of amides is 1. The molecule has 0 bridgehead atoms. The Hall–Kier alpha value is -3.00. The number of carbonyl (C=O) groups is 2. The van der Waals surface area contributed by atoms with Crippen molar-refractivity contribution in [3.8, 4) is 0 Å². The van der Waals surface area contributed by atoms with Crippen molar-refractivity contribution in [2.24, 2.45) is 5.92 Å². The van der Waals surface area contributed by atoms with Gasteiger partial charge in [-0.05, 0) is 36.6 Å². The largest absolute Gasteiger partial charge is 0.325 e. The summed E-state index contributed by atoms with van der Waals surface area (Å²) in [7, 11) is -3.56. The number of hydrogen-bond donors (Lipinski definition) is 1. The average Bonchev–Trinajstić information content (AvgIpc) is 2.85. The molecule has 1 N–H and O–H groups in total. The molecule has 0 saturated carbocycles. The van der Waals surface area contributed by atoms with E-state index in [1.807, 2.05) is 12.1 Å². The fourth-order valence-corrected chi connectivity index (χ4v) is 5.86. The SMILES string of the molecule is O=C(c1ccccc1)c1cc(Cl)ccc1NC(=O)[C@H]1CCCN(S(=O)(=O)Cc2ccccc2)C1. The Kier molecular flexibility index (Phi) is 7.46. The molecule has 4 rings (SSSR count). The fourth-order valence-electron chi connectivity index (χ4n) is 4.08. The predicted molar refractivity (Wildman–Crippen MR) is 133 cm³/mol. The molecule has 0 aromatic heterocycles. The molecular weight excluding hydrogens is 472 g/mol.